The van der Waals surface area contributed by atoms with E-state index in [1.54, 1.807) is 0 Å². The molecule has 0 aromatic carbocycles. The Morgan fingerprint density at radius 2 is 1.50 bits per heavy atom. The molecule has 2 unspecified atom stereocenters. The molecule has 114 valence electrons. The van der Waals surface area contributed by atoms with Gasteiger partial charge in [-0.25, -0.2) is 0 Å². The third kappa shape index (κ3) is 10.5. The first-order chi connectivity index (χ1) is 9.09. The van der Waals surface area contributed by atoms with E-state index < -0.39 is 61.3 Å². The van der Waals surface area contributed by atoms with E-state index in [1.165, 1.54) is 0 Å². The van der Waals surface area contributed by atoms with Crippen molar-refractivity contribution in [3.8, 4) is 0 Å². The Balaban J connectivity index is -0.00000180. The number of carbonyl (C=O) groups is 4. The maximum Gasteiger partial charge on any atom is 1.00 e. The summed E-state index contributed by atoms with van der Waals surface area (Å²) in [5.41, 5.74) is 3.54. The summed E-state index contributed by atoms with van der Waals surface area (Å²) in [7, 11) is 0. The van der Waals surface area contributed by atoms with E-state index >= 15 is 0 Å². The summed E-state index contributed by atoms with van der Waals surface area (Å²) in [6, 6.07) is -1.49. The van der Waals surface area contributed by atoms with Gasteiger partial charge < -0.3 is 35.7 Å². The van der Waals surface area contributed by atoms with Crippen LogP contribution in [0.5, 0.6) is 0 Å². The number of aliphatic carboxylic acids is 4. The van der Waals surface area contributed by atoms with Crippen molar-refractivity contribution in [1.82, 2.24) is 5.32 Å². The van der Waals surface area contributed by atoms with Gasteiger partial charge >= 0.3 is 71.1 Å². The van der Waals surface area contributed by atoms with Gasteiger partial charge in [-0.1, -0.05) is 0 Å². The molecule has 0 aromatic heterocycles. The van der Waals surface area contributed by atoms with E-state index in [0.29, 0.717) is 0 Å². The molecule has 0 spiro atoms. The number of nitrogens with one attached hydrogen (secondary N) is 1. The zero-order valence-electron chi connectivity index (χ0n) is 12.3. The Labute approximate surface area is 170 Å². The predicted molar refractivity (Wildman–Crippen MR) is 57.8 cm³/mol. The molecule has 10 nitrogen and oxygen atoms in total. The van der Waals surface area contributed by atoms with E-state index in [2.05, 4.69) is 5.32 Å². The Hall–Kier alpha value is -0.200. The minimum absolute atomic E-state index is 0. The average Bonchev–Trinajstić information content (AvgIpc) is 2.23. The van der Waals surface area contributed by atoms with Gasteiger partial charge in [0.2, 0.25) is 0 Å². The number of carboxylic acid groups (broad SMARTS) is 4. The van der Waals surface area contributed by atoms with Gasteiger partial charge in [-0.2, -0.15) is 0 Å². The molecule has 0 radical (unpaired) electrons. The fourth-order valence-electron chi connectivity index (χ4n) is 1.73. The fourth-order valence-corrected chi connectivity index (χ4v) is 1.73. The number of hydrogen-bond acceptors (Lipinski definition) is 8. The Morgan fingerprint density at radius 3 is 1.82 bits per heavy atom. The van der Waals surface area contributed by atoms with Gasteiger partial charge in [0.15, 0.2) is 0 Å². The summed E-state index contributed by atoms with van der Waals surface area (Å²) in [6.45, 7) is -0.790. The molecule has 0 rings (SSSR count). The van der Waals surface area contributed by atoms with Crippen LogP contribution in [-0.2, 0) is 19.2 Å². The van der Waals surface area contributed by atoms with Gasteiger partial charge in [-0.3, -0.25) is 14.9 Å². The van der Waals surface area contributed by atoms with Gasteiger partial charge in [0.1, 0.15) is 0 Å². The van der Waals surface area contributed by atoms with Crippen LogP contribution in [0.15, 0.2) is 0 Å². The minimum atomic E-state index is -1.97. The Kier molecular flexibility index (Phi) is 14.9. The van der Waals surface area contributed by atoms with E-state index in [0.717, 1.165) is 0 Å². The maximum atomic E-state index is 10.8. The summed E-state index contributed by atoms with van der Waals surface area (Å²) in [6.07, 6.45) is -2.68. The number of hydrogen-bond donors (Lipinski definition) is 4. The van der Waals surface area contributed by atoms with Crippen molar-refractivity contribution in [2.75, 3.05) is 6.54 Å². The first kappa shape index (κ1) is 26.7. The molecule has 5 N–H and O–H groups in total. The number of carboxylic acids is 4. The van der Waals surface area contributed by atoms with Crippen molar-refractivity contribution < 1.29 is 98.7 Å². The zero-order chi connectivity index (χ0) is 15.9. The van der Waals surface area contributed by atoms with E-state index in [-0.39, 0.29) is 59.1 Å². The van der Waals surface area contributed by atoms with E-state index in [9.17, 15) is 29.4 Å². The Bertz CT molecular complexity index is 402. The standard InChI is InChI=1S/C10H16N2O8.2Na/c11-5(1-6(13)14)10(2-7(15)16,3-8(17)18)12-4-9(19)20;;/h5,12H,1-4,11H2,(H,13,14)(H,15,16)(H,17,18)(H,19,20);;/q;2*+1/p-2. The third-order valence-electron chi connectivity index (χ3n) is 2.61. The van der Waals surface area contributed by atoms with Gasteiger partial charge in [0, 0.05) is 36.4 Å². The number of carbonyl (C=O) groups excluding carboxylic acids is 2. The number of rotatable bonds is 10. The van der Waals surface area contributed by atoms with Gasteiger partial charge in [0.05, 0.1) is 13.0 Å². The van der Waals surface area contributed by atoms with Crippen molar-refractivity contribution in [2.24, 2.45) is 5.73 Å². The molecule has 0 fully saturated rings. The molecule has 2 atom stereocenters. The molecular weight excluding hydrogens is 322 g/mol. The average molecular weight is 336 g/mol. The van der Waals surface area contributed by atoms with Crippen molar-refractivity contribution in [2.45, 2.75) is 30.8 Å². The first-order valence-corrected chi connectivity index (χ1v) is 5.43. The normalized spacial score (nSPS) is 13.7. The van der Waals surface area contributed by atoms with E-state index in [1.807, 2.05) is 0 Å². The summed E-state index contributed by atoms with van der Waals surface area (Å²) in [5, 5.41) is 40.8. The monoisotopic (exact) mass is 336 g/mol. The molecule has 0 saturated heterocycles. The summed E-state index contributed by atoms with van der Waals surface area (Å²) in [4.78, 5) is 42.6. The van der Waals surface area contributed by atoms with Crippen LogP contribution >= 0.6 is 0 Å². The molecule has 0 aromatic rings. The molecule has 0 bridgehead atoms. The van der Waals surface area contributed by atoms with Gasteiger partial charge in [-0.15, -0.1) is 0 Å². The topological polar surface area (TPSA) is 193 Å². The van der Waals surface area contributed by atoms with Crippen LogP contribution < -0.4 is 80.4 Å². The Morgan fingerprint density at radius 1 is 1.00 bits per heavy atom. The molecular formula is C10H14N2Na2O8. The molecule has 22 heavy (non-hydrogen) atoms. The fraction of sp³-hybridized carbons (Fsp3) is 0.600. The molecule has 0 aliphatic carbocycles. The van der Waals surface area contributed by atoms with Crippen LogP contribution in [0.1, 0.15) is 19.3 Å². The van der Waals surface area contributed by atoms with Crippen LogP contribution in [0.2, 0.25) is 0 Å². The van der Waals surface area contributed by atoms with Gasteiger partial charge in [0.25, 0.3) is 0 Å². The van der Waals surface area contributed by atoms with Crippen molar-refractivity contribution in [3.05, 3.63) is 0 Å². The zero-order valence-corrected chi connectivity index (χ0v) is 16.3. The van der Waals surface area contributed by atoms with Gasteiger partial charge in [-0.05, 0) is 0 Å². The first-order valence-electron chi connectivity index (χ1n) is 5.43. The molecule has 0 heterocycles. The van der Waals surface area contributed by atoms with E-state index in [4.69, 9.17) is 15.9 Å². The third-order valence-corrected chi connectivity index (χ3v) is 2.61. The summed E-state index contributed by atoms with van der Waals surface area (Å²) < 4.78 is 0. The molecule has 0 aliphatic rings. The van der Waals surface area contributed by atoms with Crippen LogP contribution in [0.3, 0.4) is 0 Å². The molecule has 0 saturated carbocycles. The maximum absolute atomic E-state index is 10.8. The number of nitrogens with two attached hydrogens (primary N) is 1. The van der Waals surface area contributed by atoms with Crippen LogP contribution in [-0.4, -0.2) is 52.2 Å². The van der Waals surface area contributed by atoms with Crippen molar-refractivity contribution in [1.29, 1.82) is 0 Å². The second kappa shape index (κ2) is 12.3. The SMILES string of the molecule is NC(CC(=O)[O-])C(CC(=O)[O-])(CC(=O)O)NCC(=O)O.[Na+].[Na+]. The second-order valence-electron chi connectivity index (χ2n) is 4.21. The molecule has 0 aliphatic heterocycles. The molecule has 0 amide bonds. The van der Waals surface area contributed by atoms with Crippen molar-refractivity contribution in [3.63, 3.8) is 0 Å². The van der Waals surface area contributed by atoms with Crippen LogP contribution in [0.25, 0.3) is 0 Å². The largest absolute Gasteiger partial charge is 1.00 e. The molecule has 12 heteroatoms. The minimum Gasteiger partial charge on any atom is -0.550 e. The van der Waals surface area contributed by atoms with Crippen LogP contribution in [0, 0.1) is 0 Å². The van der Waals surface area contributed by atoms with Crippen LogP contribution in [0.4, 0.5) is 0 Å². The summed E-state index contributed by atoms with van der Waals surface area (Å²) >= 11 is 0. The quantitative estimate of drug-likeness (QED) is 0.278. The predicted octanol–water partition coefficient (Wildman–Crippen LogP) is -10.5. The smallest absolute Gasteiger partial charge is 0.550 e. The second-order valence-corrected chi connectivity index (χ2v) is 4.21. The van der Waals surface area contributed by atoms with Crippen molar-refractivity contribution >= 4 is 23.9 Å². The summed E-state index contributed by atoms with van der Waals surface area (Å²) in [5.74, 6) is -6.18.